The monoisotopic (exact) mass is 490 g/mol. The molecule has 0 spiro atoms. The first-order chi connectivity index (χ1) is 16.7. The molecule has 174 valence electrons. The van der Waals surface area contributed by atoms with Crippen LogP contribution in [0.3, 0.4) is 0 Å². The smallest absolute Gasteiger partial charge is 0.234 e. The first-order valence-corrected chi connectivity index (χ1v) is 13.1. The maximum absolute atomic E-state index is 12.6. The molecule has 1 aromatic heterocycles. The Kier molecular flexibility index (Phi) is 8.27. The number of hydrogen-bond acceptors (Lipinski definition) is 6. The summed E-state index contributed by atoms with van der Waals surface area (Å²) in [6, 6.07) is 25.9. The Bertz CT molecular complexity index is 1240. The van der Waals surface area contributed by atoms with Crippen molar-refractivity contribution in [1.29, 1.82) is 0 Å². The summed E-state index contributed by atoms with van der Waals surface area (Å²) in [6.07, 6.45) is 2.83. The van der Waals surface area contributed by atoms with Gasteiger partial charge >= 0.3 is 0 Å². The lowest BCUT2D eigenvalue weighted by Gasteiger charge is -2.12. The number of benzene rings is 3. The highest BCUT2D eigenvalue weighted by molar-refractivity contribution is 7.99. The van der Waals surface area contributed by atoms with Crippen molar-refractivity contribution in [3.8, 4) is 17.1 Å². The van der Waals surface area contributed by atoms with Crippen molar-refractivity contribution in [3.63, 3.8) is 0 Å². The zero-order valence-electron chi connectivity index (χ0n) is 19.1. The van der Waals surface area contributed by atoms with Crippen LogP contribution in [0.2, 0.25) is 0 Å². The summed E-state index contributed by atoms with van der Waals surface area (Å²) >= 11 is 3.02. The molecule has 4 aromatic rings. The van der Waals surface area contributed by atoms with Crippen molar-refractivity contribution in [3.05, 3.63) is 84.4 Å². The van der Waals surface area contributed by atoms with Crippen molar-refractivity contribution in [2.75, 3.05) is 24.4 Å². The fourth-order valence-corrected chi connectivity index (χ4v) is 4.76. The molecule has 1 amide bonds. The molecule has 1 heterocycles. The maximum atomic E-state index is 12.6. The van der Waals surface area contributed by atoms with E-state index in [0.29, 0.717) is 11.7 Å². The van der Waals surface area contributed by atoms with Gasteiger partial charge in [-0.05, 0) is 48.6 Å². The Balaban J connectivity index is 1.53. The fraction of sp³-hybridized carbons (Fsp3) is 0.192. The first-order valence-electron chi connectivity index (χ1n) is 10.8. The number of ether oxygens (including phenoxy) is 1. The van der Waals surface area contributed by atoms with Gasteiger partial charge in [-0.25, -0.2) is 0 Å². The summed E-state index contributed by atoms with van der Waals surface area (Å²) in [5.74, 6) is 1.61. The van der Waals surface area contributed by atoms with E-state index in [1.807, 2.05) is 73.0 Å². The third-order valence-corrected chi connectivity index (χ3v) is 6.91. The van der Waals surface area contributed by atoms with E-state index in [9.17, 15) is 4.79 Å². The Morgan fingerprint density at radius 1 is 1.00 bits per heavy atom. The van der Waals surface area contributed by atoms with Gasteiger partial charge in [0.2, 0.25) is 5.91 Å². The van der Waals surface area contributed by atoms with Crippen molar-refractivity contribution in [1.82, 2.24) is 14.8 Å². The average Bonchev–Trinajstić information content (AvgIpc) is 3.29. The molecule has 3 aromatic carbocycles. The van der Waals surface area contributed by atoms with Crippen LogP contribution in [0.5, 0.6) is 5.75 Å². The molecule has 0 atom stereocenters. The molecular formula is C26H26N4O2S2. The number of hydrogen-bond donors (Lipinski definition) is 1. The number of para-hydroxylation sites is 1. The molecule has 0 aliphatic rings. The van der Waals surface area contributed by atoms with E-state index in [1.54, 1.807) is 18.9 Å². The summed E-state index contributed by atoms with van der Waals surface area (Å²) in [7, 11) is 1.65. The lowest BCUT2D eigenvalue weighted by atomic mass is 10.1. The molecule has 0 aliphatic carbocycles. The van der Waals surface area contributed by atoms with Crippen molar-refractivity contribution in [2.45, 2.75) is 23.0 Å². The average molecular weight is 491 g/mol. The number of nitrogens with zero attached hydrogens (tertiary/aromatic N) is 3. The highest BCUT2D eigenvalue weighted by atomic mass is 32.2. The van der Waals surface area contributed by atoms with Gasteiger partial charge in [-0.3, -0.25) is 4.79 Å². The Morgan fingerprint density at radius 2 is 1.79 bits per heavy atom. The summed E-state index contributed by atoms with van der Waals surface area (Å²) in [6.45, 7) is 0.685. The Morgan fingerprint density at radius 3 is 2.59 bits per heavy atom. The van der Waals surface area contributed by atoms with Crippen LogP contribution in [-0.4, -0.2) is 39.8 Å². The molecule has 0 aliphatic heterocycles. The number of amides is 1. The van der Waals surface area contributed by atoms with E-state index in [-0.39, 0.29) is 11.7 Å². The molecule has 0 unspecified atom stereocenters. The minimum atomic E-state index is -0.0836. The zero-order chi connectivity index (χ0) is 23.8. The van der Waals surface area contributed by atoms with Crippen molar-refractivity contribution >= 4 is 35.1 Å². The molecule has 0 radical (unpaired) electrons. The van der Waals surface area contributed by atoms with Crippen LogP contribution in [-0.2, 0) is 17.8 Å². The molecule has 0 saturated carbocycles. The van der Waals surface area contributed by atoms with E-state index in [1.165, 1.54) is 17.3 Å². The van der Waals surface area contributed by atoms with E-state index in [4.69, 9.17) is 4.74 Å². The minimum absolute atomic E-state index is 0.0836. The topological polar surface area (TPSA) is 69.0 Å². The van der Waals surface area contributed by atoms with Crippen LogP contribution in [0.25, 0.3) is 11.4 Å². The van der Waals surface area contributed by atoms with Gasteiger partial charge in [-0.2, -0.15) is 0 Å². The van der Waals surface area contributed by atoms with Crippen LogP contribution in [0.15, 0.2) is 88.9 Å². The number of thioether (sulfide) groups is 2. The molecule has 0 saturated heterocycles. The highest BCUT2D eigenvalue weighted by Crippen LogP contribution is 2.31. The number of methoxy groups -OCH3 is 1. The molecule has 0 bridgehead atoms. The van der Waals surface area contributed by atoms with Crippen LogP contribution < -0.4 is 10.1 Å². The van der Waals surface area contributed by atoms with Gasteiger partial charge in [-0.1, -0.05) is 60.3 Å². The number of nitrogens with one attached hydrogen (secondary N) is 1. The fourth-order valence-electron chi connectivity index (χ4n) is 3.54. The lowest BCUT2D eigenvalue weighted by molar-refractivity contribution is -0.113. The molecule has 4 rings (SSSR count). The second-order valence-electron chi connectivity index (χ2n) is 7.46. The second-order valence-corrected chi connectivity index (χ2v) is 9.28. The van der Waals surface area contributed by atoms with E-state index in [0.717, 1.165) is 34.1 Å². The molecule has 8 heteroatoms. The second kappa shape index (κ2) is 11.8. The predicted octanol–water partition coefficient (Wildman–Crippen LogP) is 5.65. The largest absolute Gasteiger partial charge is 0.496 e. The molecule has 6 nitrogen and oxygen atoms in total. The van der Waals surface area contributed by atoms with Gasteiger partial charge in [0.1, 0.15) is 5.75 Å². The number of carbonyl (C=O) groups excluding carboxylic acids is 1. The van der Waals surface area contributed by atoms with Crippen LogP contribution >= 0.6 is 23.5 Å². The number of anilines is 1. The maximum Gasteiger partial charge on any atom is 0.234 e. The third kappa shape index (κ3) is 6.01. The van der Waals surface area contributed by atoms with Crippen LogP contribution in [0.4, 0.5) is 5.69 Å². The standard InChI is InChI=1S/C26H26N4O2S2/c1-32-23-14-7-6-13-22(23)25-28-29-26(30(25)16-15-19-9-4-3-5-10-19)34-18-24(31)27-20-11-8-12-21(17-20)33-2/h3-14,17H,15-16,18H2,1-2H3,(H,27,31). The summed E-state index contributed by atoms with van der Waals surface area (Å²) in [5, 5.41) is 12.6. The van der Waals surface area contributed by atoms with Crippen molar-refractivity contribution in [2.24, 2.45) is 0 Å². The molecule has 34 heavy (non-hydrogen) atoms. The Hall–Kier alpha value is -3.23. The van der Waals surface area contributed by atoms with Gasteiger partial charge < -0.3 is 14.6 Å². The van der Waals surface area contributed by atoms with E-state index < -0.39 is 0 Å². The third-order valence-electron chi connectivity index (χ3n) is 5.22. The quantitative estimate of drug-likeness (QED) is 0.290. The molecule has 0 fully saturated rings. The number of carbonyl (C=O) groups is 1. The van der Waals surface area contributed by atoms with Gasteiger partial charge in [0.05, 0.1) is 18.4 Å². The summed E-state index contributed by atoms with van der Waals surface area (Å²) < 4.78 is 7.62. The summed E-state index contributed by atoms with van der Waals surface area (Å²) in [4.78, 5) is 13.7. The van der Waals surface area contributed by atoms with Crippen molar-refractivity contribution < 1.29 is 9.53 Å². The lowest BCUT2D eigenvalue weighted by Crippen LogP contribution is -2.15. The summed E-state index contributed by atoms with van der Waals surface area (Å²) in [5.41, 5.74) is 2.89. The minimum Gasteiger partial charge on any atom is -0.496 e. The van der Waals surface area contributed by atoms with Crippen LogP contribution in [0.1, 0.15) is 5.56 Å². The van der Waals surface area contributed by atoms with E-state index in [2.05, 4.69) is 32.2 Å². The van der Waals surface area contributed by atoms with Gasteiger partial charge in [0.15, 0.2) is 11.0 Å². The molecular weight excluding hydrogens is 464 g/mol. The van der Waals surface area contributed by atoms with Gasteiger partial charge in [-0.15, -0.1) is 22.0 Å². The predicted molar refractivity (Wildman–Crippen MR) is 140 cm³/mol. The first kappa shape index (κ1) is 23.9. The van der Waals surface area contributed by atoms with Gasteiger partial charge in [0, 0.05) is 17.1 Å². The van der Waals surface area contributed by atoms with Gasteiger partial charge in [0.25, 0.3) is 0 Å². The number of rotatable bonds is 10. The molecule has 1 N–H and O–H groups in total. The van der Waals surface area contributed by atoms with Crippen LogP contribution in [0, 0.1) is 0 Å². The SMILES string of the molecule is COc1ccccc1-c1nnc(SCC(=O)Nc2cccc(SC)c2)n1CCc1ccccc1. The normalized spacial score (nSPS) is 10.8. The highest BCUT2D eigenvalue weighted by Gasteiger charge is 2.18. The van der Waals surface area contributed by atoms with E-state index >= 15 is 0 Å². The number of aromatic nitrogens is 3. The number of aryl methyl sites for hydroxylation is 1. The zero-order valence-corrected chi connectivity index (χ0v) is 20.7. The Labute approximate surface area is 208 Å².